The van der Waals surface area contributed by atoms with Gasteiger partial charge in [0.15, 0.2) is 5.78 Å². The van der Waals surface area contributed by atoms with Gasteiger partial charge in [0.2, 0.25) is 0 Å². The van der Waals surface area contributed by atoms with Gasteiger partial charge in [0, 0.05) is 31.7 Å². The number of carbonyl (C=O) groups is 1. The van der Waals surface area contributed by atoms with Gasteiger partial charge in [-0.3, -0.25) is 14.6 Å². The van der Waals surface area contributed by atoms with E-state index in [1.54, 1.807) is 0 Å². The first-order valence-corrected chi connectivity index (χ1v) is 11.7. The van der Waals surface area contributed by atoms with Gasteiger partial charge in [-0.2, -0.15) is 0 Å². The maximum atomic E-state index is 14.0. The van der Waals surface area contributed by atoms with Gasteiger partial charge in [-0.05, 0) is 36.2 Å². The molecule has 6 nitrogen and oxygen atoms in total. The van der Waals surface area contributed by atoms with Crippen LogP contribution in [0.1, 0.15) is 35.3 Å². The van der Waals surface area contributed by atoms with Crippen LogP contribution in [0.5, 0.6) is 5.75 Å². The number of rotatable bonds is 9. The van der Waals surface area contributed by atoms with Gasteiger partial charge in [0.25, 0.3) is 0 Å². The fraction of sp³-hybridized carbons (Fsp3) is 0.500. The molecular formula is C26H34N2O4. The minimum absolute atomic E-state index is 0.0401. The smallest absolute Gasteiger partial charge is 0.181 e. The first kappa shape index (κ1) is 22.9. The van der Waals surface area contributed by atoms with E-state index in [2.05, 4.69) is 41.0 Å². The molecule has 2 atom stereocenters. The molecule has 2 aliphatic rings. The zero-order chi connectivity index (χ0) is 22.2. The SMILES string of the molecule is CCCOc1ccc(C(=O)[C@H]([C@@H](c2ccccc2)N2CCOCC2)N2CCOCC2)cc1. The van der Waals surface area contributed by atoms with Crippen LogP contribution in [-0.2, 0) is 9.47 Å². The third-order valence-electron chi connectivity index (χ3n) is 6.20. The molecule has 0 radical (unpaired) electrons. The van der Waals surface area contributed by atoms with Gasteiger partial charge >= 0.3 is 0 Å². The fourth-order valence-electron chi connectivity index (χ4n) is 4.57. The number of carbonyl (C=O) groups excluding carboxylic acids is 1. The van der Waals surface area contributed by atoms with E-state index in [-0.39, 0.29) is 17.9 Å². The lowest BCUT2D eigenvalue weighted by Gasteiger charge is -2.44. The number of morpholine rings is 2. The van der Waals surface area contributed by atoms with Crippen molar-refractivity contribution >= 4 is 5.78 Å². The number of ketones is 1. The van der Waals surface area contributed by atoms with E-state index in [9.17, 15) is 4.79 Å². The average molecular weight is 439 g/mol. The van der Waals surface area contributed by atoms with Crippen molar-refractivity contribution in [3.05, 3.63) is 65.7 Å². The van der Waals surface area contributed by atoms with E-state index in [0.717, 1.165) is 43.9 Å². The largest absolute Gasteiger partial charge is 0.494 e. The Morgan fingerprint density at radius 1 is 0.875 bits per heavy atom. The summed E-state index contributed by atoms with van der Waals surface area (Å²) in [7, 11) is 0. The highest BCUT2D eigenvalue weighted by molar-refractivity contribution is 6.00. The molecule has 0 spiro atoms. The van der Waals surface area contributed by atoms with Crippen molar-refractivity contribution in [1.82, 2.24) is 9.80 Å². The molecule has 0 unspecified atom stereocenters. The van der Waals surface area contributed by atoms with Crippen LogP contribution < -0.4 is 4.74 Å². The zero-order valence-corrected chi connectivity index (χ0v) is 18.9. The van der Waals surface area contributed by atoms with Crippen LogP contribution in [0.25, 0.3) is 0 Å². The molecule has 0 saturated carbocycles. The van der Waals surface area contributed by atoms with Crippen molar-refractivity contribution in [2.24, 2.45) is 0 Å². The molecule has 2 aromatic carbocycles. The number of benzene rings is 2. The zero-order valence-electron chi connectivity index (χ0n) is 18.9. The number of ether oxygens (including phenoxy) is 3. The molecule has 32 heavy (non-hydrogen) atoms. The van der Waals surface area contributed by atoms with Gasteiger partial charge in [-0.15, -0.1) is 0 Å². The molecule has 2 aliphatic heterocycles. The Balaban J connectivity index is 1.68. The van der Waals surface area contributed by atoms with Crippen LogP contribution in [0, 0.1) is 0 Å². The summed E-state index contributed by atoms with van der Waals surface area (Å²) in [6.45, 7) is 8.58. The third-order valence-corrected chi connectivity index (χ3v) is 6.20. The topological polar surface area (TPSA) is 51.2 Å². The van der Waals surface area contributed by atoms with Gasteiger partial charge in [0.1, 0.15) is 5.75 Å². The Bertz CT molecular complexity index is 831. The number of hydrogen-bond acceptors (Lipinski definition) is 6. The molecule has 2 saturated heterocycles. The molecule has 4 rings (SSSR count). The summed E-state index contributed by atoms with van der Waals surface area (Å²) in [4.78, 5) is 18.8. The van der Waals surface area contributed by atoms with Crippen molar-refractivity contribution in [2.75, 3.05) is 59.2 Å². The van der Waals surface area contributed by atoms with Crippen LogP contribution >= 0.6 is 0 Å². The average Bonchev–Trinajstić information content (AvgIpc) is 2.87. The molecule has 0 N–H and O–H groups in total. The minimum atomic E-state index is -0.290. The Kier molecular flexibility index (Phi) is 8.29. The first-order valence-electron chi connectivity index (χ1n) is 11.7. The van der Waals surface area contributed by atoms with E-state index in [1.807, 2.05) is 30.3 Å². The summed E-state index contributed by atoms with van der Waals surface area (Å²) in [5.74, 6) is 0.952. The molecular weight excluding hydrogens is 404 g/mol. The predicted octanol–water partition coefficient (Wildman–Crippen LogP) is 3.43. The third kappa shape index (κ3) is 5.56. The van der Waals surface area contributed by atoms with Gasteiger partial charge in [0.05, 0.1) is 45.1 Å². The second-order valence-electron chi connectivity index (χ2n) is 8.33. The van der Waals surface area contributed by atoms with E-state index < -0.39 is 0 Å². The lowest BCUT2D eigenvalue weighted by atomic mass is 9.89. The van der Waals surface area contributed by atoms with Crippen LogP contribution in [0.2, 0.25) is 0 Å². The summed E-state index contributed by atoms with van der Waals surface area (Å²) >= 11 is 0. The fourth-order valence-corrected chi connectivity index (χ4v) is 4.57. The lowest BCUT2D eigenvalue weighted by molar-refractivity contribution is -0.0301. The Hall–Kier alpha value is -2.25. The molecule has 0 aromatic heterocycles. The molecule has 2 heterocycles. The Labute approximate surface area is 191 Å². The molecule has 2 aromatic rings. The molecule has 6 heteroatoms. The van der Waals surface area contributed by atoms with Gasteiger partial charge in [-0.1, -0.05) is 37.3 Å². The van der Waals surface area contributed by atoms with Crippen LogP contribution in [-0.4, -0.2) is 80.8 Å². The second kappa shape index (κ2) is 11.6. The Morgan fingerprint density at radius 2 is 1.47 bits per heavy atom. The number of Topliss-reactive ketones (excluding diaryl/α,β-unsaturated/α-hetero) is 1. The monoisotopic (exact) mass is 438 g/mol. The highest BCUT2D eigenvalue weighted by Crippen LogP contribution is 2.32. The van der Waals surface area contributed by atoms with Gasteiger partial charge in [-0.25, -0.2) is 0 Å². The molecule has 172 valence electrons. The number of nitrogens with zero attached hydrogens (tertiary/aromatic N) is 2. The quantitative estimate of drug-likeness (QED) is 0.559. The van der Waals surface area contributed by atoms with Crippen molar-refractivity contribution in [2.45, 2.75) is 25.4 Å². The van der Waals surface area contributed by atoms with E-state index in [4.69, 9.17) is 14.2 Å². The highest BCUT2D eigenvalue weighted by atomic mass is 16.5. The van der Waals surface area contributed by atoms with E-state index in [0.29, 0.717) is 33.0 Å². The lowest BCUT2D eigenvalue weighted by Crippen LogP contribution is -2.55. The van der Waals surface area contributed by atoms with E-state index >= 15 is 0 Å². The van der Waals surface area contributed by atoms with Crippen molar-refractivity contribution in [3.8, 4) is 5.75 Å². The molecule has 2 fully saturated rings. The highest BCUT2D eigenvalue weighted by Gasteiger charge is 2.39. The van der Waals surface area contributed by atoms with Gasteiger partial charge < -0.3 is 14.2 Å². The standard InChI is InChI=1S/C26H34N2O4/c1-2-16-32-23-10-8-22(9-11-23)26(29)25(28-14-19-31-20-15-28)24(21-6-4-3-5-7-21)27-12-17-30-18-13-27/h3-11,24-25H,2,12-20H2,1H3/t24-,25+/m1/s1. The normalized spacial score (nSPS) is 19.9. The Morgan fingerprint density at radius 3 is 2.06 bits per heavy atom. The molecule has 0 bridgehead atoms. The molecule has 0 aliphatic carbocycles. The summed E-state index contributed by atoms with van der Waals surface area (Å²) in [6, 6.07) is 17.7. The second-order valence-corrected chi connectivity index (χ2v) is 8.33. The van der Waals surface area contributed by atoms with E-state index in [1.165, 1.54) is 5.56 Å². The van der Waals surface area contributed by atoms with Crippen molar-refractivity contribution in [1.29, 1.82) is 0 Å². The maximum Gasteiger partial charge on any atom is 0.181 e. The summed E-state index contributed by atoms with van der Waals surface area (Å²) in [5, 5.41) is 0. The summed E-state index contributed by atoms with van der Waals surface area (Å²) in [6.07, 6.45) is 0.956. The van der Waals surface area contributed by atoms with Crippen LogP contribution in [0.15, 0.2) is 54.6 Å². The maximum absolute atomic E-state index is 14.0. The summed E-state index contributed by atoms with van der Waals surface area (Å²) in [5.41, 5.74) is 1.89. The van der Waals surface area contributed by atoms with Crippen molar-refractivity contribution < 1.29 is 19.0 Å². The van der Waals surface area contributed by atoms with Crippen LogP contribution in [0.4, 0.5) is 0 Å². The minimum Gasteiger partial charge on any atom is -0.494 e. The van der Waals surface area contributed by atoms with Crippen LogP contribution in [0.3, 0.4) is 0 Å². The first-order chi connectivity index (χ1) is 15.8. The molecule has 0 amide bonds. The van der Waals surface area contributed by atoms with Crippen molar-refractivity contribution in [3.63, 3.8) is 0 Å². The predicted molar refractivity (Wildman–Crippen MR) is 124 cm³/mol. The summed E-state index contributed by atoms with van der Waals surface area (Å²) < 4.78 is 17.0. The number of hydrogen-bond donors (Lipinski definition) is 0.